The van der Waals surface area contributed by atoms with Gasteiger partial charge in [0.05, 0.1) is 6.61 Å². The van der Waals surface area contributed by atoms with E-state index in [0.717, 1.165) is 0 Å². The van der Waals surface area contributed by atoms with Crippen LogP contribution in [0.15, 0.2) is 0 Å². The van der Waals surface area contributed by atoms with Gasteiger partial charge in [-0.3, -0.25) is 14.4 Å². The smallest absolute Gasteiger partial charge is 0.317 e. The highest BCUT2D eigenvalue weighted by Gasteiger charge is 2.39. The molecule has 12 heteroatoms. The van der Waals surface area contributed by atoms with Gasteiger partial charge in [0.25, 0.3) is 0 Å². The maximum absolute atomic E-state index is 11.5. The molecule has 0 heterocycles. The third kappa shape index (κ3) is 8.72. The summed E-state index contributed by atoms with van der Waals surface area (Å²) in [6.45, 7) is -1.36. The van der Waals surface area contributed by atoms with Gasteiger partial charge in [0.1, 0.15) is 34.8 Å². The van der Waals surface area contributed by atoms with Crippen molar-refractivity contribution >= 4 is 65.7 Å². The average Bonchev–Trinajstić information content (AvgIpc) is 2.60. The minimum atomic E-state index is -1.78. The number of esters is 3. The number of carbonyl (C=O) groups excluding carboxylic acids is 3. The van der Waals surface area contributed by atoms with Crippen molar-refractivity contribution in [3.05, 3.63) is 0 Å². The van der Waals surface area contributed by atoms with Crippen LogP contribution >= 0.6 is 47.8 Å². The summed E-state index contributed by atoms with van der Waals surface area (Å²) in [6, 6.07) is 0. The maximum Gasteiger partial charge on any atom is 0.317 e. The highest BCUT2D eigenvalue weighted by Crippen LogP contribution is 2.15. The fraction of sp³-hybridized carbons (Fsp3) is 0.750. The Hall–Kier alpha value is -0.270. The first-order valence-corrected chi connectivity index (χ1v) is 9.86. The lowest BCUT2D eigenvalue weighted by Crippen LogP contribution is -2.51. The average molecular weight is 545 g/mol. The Bertz CT molecular complexity index is 421. The topological polar surface area (TPSA) is 140 Å². The summed E-state index contributed by atoms with van der Waals surface area (Å²) in [6.07, 6.45) is -6.41. The van der Waals surface area contributed by atoms with Crippen LogP contribution in [-0.4, -0.2) is 86.8 Å². The van der Waals surface area contributed by atoms with Crippen molar-refractivity contribution in [3.8, 4) is 0 Å². The molecule has 24 heavy (non-hydrogen) atoms. The number of ether oxygens (including phenoxy) is 3. The predicted molar refractivity (Wildman–Crippen MR) is 91.2 cm³/mol. The molecule has 4 atom stereocenters. The van der Waals surface area contributed by atoms with Gasteiger partial charge in [0.2, 0.25) is 0 Å². The zero-order valence-electron chi connectivity index (χ0n) is 12.3. The van der Waals surface area contributed by atoms with Crippen LogP contribution in [-0.2, 0) is 28.6 Å². The van der Waals surface area contributed by atoms with Crippen LogP contribution in [0.4, 0.5) is 0 Å². The first kappa shape index (κ1) is 23.7. The molecule has 0 aromatic heterocycles. The van der Waals surface area contributed by atoms with Crippen LogP contribution in [0.25, 0.3) is 0 Å². The van der Waals surface area contributed by atoms with E-state index < -0.39 is 55.5 Å². The lowest BCUT2D eigenvalue weighted by atomic mass is 10.0. The van der Waals surface area contributed by atoms with Crippen LogP contribution in [0.5, 0.6) is 0 Å². The van der Waals surface area contributed by atoms with Crippen LogP contribution in [0.2, 0.25) is 0 Å². The largest absolute Gasteiger partial charge is 0.461 e. The van der Waals surface area contributed by atoms with E-state index in [1.165, 1.54) is 0 Å². The summed E-state index contributed by atoms with van der Waals surface area (Å²) in [5.41, 5.74) is 0. The molecule has 9 nitrogen and oxygen atoms in total. The van der Waals surface area contributed by atoms with Crippen molar-refractivity contribution in [2.45, 2.75) is 24.4 Å². The molecule has 0 spiro atoms. The molecular weight excluding hydrogens is 528 g/mol. The minimum Gasteiger partial charge on any atom is -0.461 e. The van der Waals surface area contributed by atoms with Crippen LogP contribution in [0, 0.1) is 0 Å². The third-order valence-electron chi connectivity index (χ3n) is 2.57. The SMILES string of the molecule is O=C(CBr)OC[C@H](OC(=O)CBr)[C@@H](OC(=O)CBr)[C@H](O)[C@H](O)CO. The van der Waals surface area contributed by atoms with Gasteiger partial charge >= 0.3 is 17.9 Å². The van der Waals surface area contributed by atoms with Gasteiger partial charge in [0.15, 0.2) is 12.2 Å². The fourth-order valence-corrected chi connectivity index (χ4v) is 1.91. The Morgan fingerprint density at radius 3 is 1.83 bits per heavy atom. The molecule has 0 aliphatic heterocycles. The Balaban J connectivity index is 5.36. The van der Waals surface area contributed by atoms with Crippen molar-refractivity contribution in [2.75, 3.05) is 29.2 Å². The quantitative estimate of drug-likeness (QED) is 0.174. The van der Waals surface area contributed by atoms with Gasteiger partial charge in [-0.15, -0.1) is 0 Å². The van der Waals surface area contributed by atoms with Crippen LogP contribution in [0.1, 0.15) is 0 Å². The van der Waals surface area contributed by atoms with E-state index >= 15 is 0 Å². The second-order valence-corrected chi connectivity index (χ2v) is 5.99. The van der Waals surface area contributed by atoms with E-state index in [4.69, 9.17) is 19.3 Å². The number of carbonyl (C=O) groups is 3. The van der Waals surface area contributed by atoms with Crippen molar-refractivity contribution in [1.29, 1.82) is 0 Å². The highest BCUT2D eigenvalue weighted by atomic mass is 79.9. The van der Waals surface area contributed by atoms with E-state index in [2.05, 4.69) is 47.8 Å². The molecule has 0 unspecified atom stereocenters. The number of rotatable bonds is 11. The van der Waals surface area contributed by atoms with E-state index in [0.29, 0.717) is 0 Å². The van der Waals surface area contributed by atoms with Gasteiger partial charge in [-0.25, -0.2) is 0 Å². The molecule has 0 aromatic carbocycles. The lowest BCUT2D eigenvalue weighted by Gasteiger charge is -2.31. The molecule has 0 radical (unpaired) electrons. The molecule has 0 rings (SSSR count). The summed E-state index contributed by atoms with van der Waals surface area (Å²) < 4.78 is 14.8. The van der Waals surface area contributed by atoms with Crippen molar-refractivity contribution in [3.63, 3.8) is 0 Å². The zero-order valence-corrected chi connectivity index (χ0v) is 17.0. The summed E-state index contributed by atoms with van der Waals surface area (Å²) in [5, 5.41) is 28.0. The molecule has 140 valence electrons. The second kappa shape index (κ2) is 13.0. The molecule has 0 saturated carbocycles. The molecule has 0 amide bonds. The Kier molecular flexibility index (Phi) is 12.9. The molecule has 0 saturated heterocycles. The maximum atomic E-state index is 11.5. The molecular formula is C12H17Br3O9. The number of aliphatic hydroxyl groups excluding tert-OH is 3. The predicted octanol–water partition coefficient (Wildman–Crippen LogP) is -0.748. The molecule has 0 aliphatic carbocycles. The summed E-state index contributed by atoms with van der Waals surface area (Å²) in [5.74, 6) is -2.28. The number of halogens is 3. The third-order valence-corrected chi connectivity index (χ3v) is 3.94. The lowest BCUT2D eigenvalue weighted by molar-refractivity contribution is -0.189. The first-order valence-electron chi connectivity index (χ1n) is 6.50. The Morgan fingerprint density at radius 1 is 0.875 bits per heavy atom. The van der Waals surface area contributed by atoms with E-state index in [-0.39, 0.29) is 16.0 Å². The van der Waals surface area contributed by atoms with Crippen molar-refractivity contribution in [1.82, 2.24) is 0 Å². The van der Waals surface area contributed by atoms with E-state index in [1.807, 2.05) is 0 Å². The highest BCUT2D eigenvalue weighted by molar-refractivity contribution is 9.09. The minimum absolute atomic E-state index is 0.125. The van der Waals surface area contributed by atoms with Gasteiger partial charge in [-0.05, 0) is 0 Å². The summed E-state index contributed by atoms with van der Waals surface area (Å²) in [7, 11) is 0. The zero-order chi connectivity index (χ0) is 18.7. The number of hydrogen-bond acceptors (Lipinski definition) is 9. The van der Waals surface area contributed by atoms with Crippen LogP contribution < -0.4 is 0 Å². The Morgan fingerprint density at radius 2 is 1.38 bits per heavy atom. The second-order valence-electron chi connectivity index (χ2n) is 4.31. The van der Waals surface area contributed by atoms with Crippen LogP contribution in [0.3, 0.4) is 0 Å². The molecule has 3 N–H and O–H groups in total. The van der Waals surface area contributed by atoms with Gasteiger partial charge in [-0.2, -0.15) is 0 Å². The van der Waals surface area contributed by atoms with Crippen molar-refractivity contribution < 1.29 is 43.9 Å². The van der Waals surface area contributed by atoms with E-state index in [9.17, 15) is 24.6 Å². The number of aliphatic hydroxyl groups is 3. The molecule has 0 fully saturated rings. The fourth-order valence-electron chi connectivity index (χ4n) is 1.49. The van der Waals surface area contributed by atoms with E-state index in [1.54, 1.807) is 0 Å². The Labute approximate surface area is 163 Å². The molecule has 0 bridgehead atoms. The van der Waals surface area contributed by atoms with Gasteiger partial charge < -0.3 is 29.5 Å². The standard InChI is InChI=1S/C12H17Br3O9/c13-1-8(18)22-5-7(23-9(19)2-14)12(24-10(20)3-15)11(21)6(17)4-16/h6-7,11-12,16-17,21H,1-5H2/t6-,7+,11-,12-/m1/s1. The summed E-state index contributed by atoms with van der Waals surface area (Å²) in [4.78, 5) is 34.2. The summed E-state index contributed by atoms with van der Waals surface area (Å²) >= 11 is 8.61. The normalized spacial score (nSPS) is 15.8. The first-order chi connectivity index (χ1) is 11.3. The molecule has 0 aromatic rings. The van der Waals surface area contributed by atoms with Gasteiger partial charge in [-0.1, -0.05) is 47.8 Å². The number of hydrogen-bond donors (Lipinski definition) is 3. The monoisotopic (exact) mass is 542 g/mol. The number of alkyl halides is 3. The van der Waals surface area contributed by atoms with Crippen molar-refractivity contribution in [2.24, 2.45) is 0 Å². The van der Waals surface area contributed by atoms with Gasteiger partial charge in [0, 0.05) is 0 Å². The molecule has 0 aliphatic rings.